The van der Waals surface area contributed by atoms with Gasteiger partial charge in [-0.25, -0.2) is 14.6 Å². The largest absolute Gasteiger partial charge is 0.345 e. The number of carbonyl (C=O) groups excluding carboxylic acids is 1. The molecule has 4 aromatic rings. The number of benzene rings is 2. The van der Waals surface area contributed by atoms with Gasteiger partial charge in [-0.3, -0.25) is 4.79 Å². The quantitative estimate of drug-likeness (QED) is 0.453. The number of piperidine rings is 1. The fourth-order valence-electron chi connectivity index (χ4n) is 4.46. The number of rotatable bonds is 5. The van der Waals surface area contributed by atoms with Crippen LogP contribution >= 0.6 is 0 Å². The van der Waals surface area contributed by atoms with Gasteiger partial charge in [0.25, 0.3) is 5.91 Å². The van der Waals surface area contributed by atoms with Crippen molar-refractivity contribution in [2.24, 2.45) is 0 Å². The lowest BCUT2D eigenvalue weighted by Crippen LogP contribution is -2.36. The monoisotopic (exact) mass is 455 g/mol. The number of anilines is 1. The van der Waals surface area contributed by atoms with E-state index in [4.69, 9.17) is 0 Å². The van der Waals surface area contributed by atoms with Crippen LogP contribution < -0.4 is 4.90 Å². The summed E-state index contributed by atoms with van der Waals surface area (Å²) in [5.74, 6) is 0.808. The fourth-order valence-corrected chi connectivity index (χ4v) is 4.46. The van der Waals surface area contributed by atoms with Gasteiger partial charge in [0.2, 0.25) is 5.95 Å². The van der Waals surface area contributed by atoms with Crippen molar-refractivity contribution < 1.29 is 4.79 Å². The van der Waals surface area contributed by atoms with Crippen LogP contribution in [-0.4, -0.2) is 63.0 Å². The van der Waals surface area contributed by atoms with Crippen LogP contribution in [0.2, 0.25) is 0 Å². The topological polar surface area (TPSA) is 80.0 Å². The van der Waals surface area contributed by atoms with Gasteiger partial charge in [-0.15, -0.1) is 5.10 Å². The second-order valence-corrected chi connectivity index (χ2v) is 8.98. The van der Waals surface area contributed by atoms with E-state index >= 15 is 0 Å². The summed E-state index contributed by atoms with van der Waals surface area (Å²) in [5, 5.41) is 8.96. The van der Waals surface area contributed by atoms with E-state index in [1.807, 2.05) is 36.7 Å². The molecule has 2 aromatic carbocycles. The van der Waals surface area contributed by atoms with Gasteiger partial charge in [-0.05, 0) is 60.2 Å². The standard InChI is InChI=1S/C26H29N7O/c1-4-18-16-27-26(28-17-18)32-13-11-22(12-14-32)33-24-10-9-21(15-23(24)29-30-33)19-5-7-20(8-6-19)25(34)31(2)3/h5-10,15-17,22H,4,11-14H2,1-3H3. The van der Waals surface area contributed by atoms with E-state index in [1.165, 1.54) is 0 Å². The minimum atomic E-state index is 0.000490. The van der Waals surface area contributed by atoms with Crippen LogP contribution in [0.25, 0.3) is 22.2 Å². The Morgan fingerprint density at radius 1 is 1.00 bits per heavy atom. The summed E-state index contributed by atoms with van der Waals surface area (Å²) in [6.07, 6.45) is 6.74. The first-order chi connectivity index (χ1) is 16.5. The molecule has 1 amide bonds. The number of amides is 1. The van der Waals surface area contributed by atoms with Gasteiger partial charge in [-0.1, -0.05) is 30.3 Å². The zero-order chi connectivity index (χ0) is 23.7. The Labute approximate surface area is 199 Å². The van der Waals surface area contributed by atoms with Crippen molar-refractivity contribution >= 4 is 22.9 Å². The maximum absolute atomic E-state index is 12.1. The molecule has 0 atom stereocenters. The van der Waals surface area contributed by atoms with Crippen molar-refractivity contribution in [1.29, 1.82) is 0 Å². The molecule has 8 heteroatoms. The molecule has 34 heavy (non-hydrogen) atoms. The summed E-state index contributed by atoms with van der Waals surface area (Å²) in [5.41, 5.74) is 5.88. The van der Waals surface area contributed by atoms with Crippen LogP contribution in [0.5, 0.6) is 0 Å². The third-order valence-corrected chi connectivity index (χ3v) is 6.54. The molecule has 1 saturated heterocycles. The average Bonchev–Trinajstić information content (AvgIpc) is 3.32. The Kier molecular flexibility index (Phi) is 5.96. The van der Waals surface area contributed by atoms with Gasteiger partial charge in [-0.2, -0.15) is 0 Å². The van der Waals surface area contributed by atoms with E-state index in [-0.39, 0.29) is 5.91 Å². The smallest absolute Gasteiger partial charge is 0.253 e. The van der Waals surface area contributed by atoms with Crippen molar-refractivity contribution in [2.75, 3.05) is 32.1 Å². The molecule has 5 rings (SSSR count). The molecule has 0 spiro atoms. The van der Waals surface area contributed by atoms with Crippen molar-refractivity contribution in [3.05, 3.63) is 66.0 Å². The van der Waals surface area contributed by atoms with Gasteiger partial charge in [0, 0.05) is 45.1 Å². The van der Waals surface area contributed by atoms with Gasteiger partial charge in [0.05, 0.1) is 11.6 Å². The van der Waals surface area contributed by atoms with Crippen LogP contribution in [0.15, 0.2) is 54.9 Å². The van der Waals surface area contributed by atoms with E-state index < -0.39 is 0 Å². The highest BCUT2D eigenvalue weighted by Crippen LogP contribution is 2.29. The average molecular weight is 456 g/mol. The minimum Gasteiger partial charge on any atom is -0.345 e. The Hall–Kier alpha value is -3.81. The molecule has 2 aromatic heterocycles. The molecule has 0 aliphatic carbocycles. The Morgan fingerprint density at radius 3 is 2.32 bits per heavy atom. The molecule has 0 N–H and O–H groups in total. The molecule has 0 saturated carbocycles. The van der Waals surface area contributed by atoms with Crippen molar-refractivity contribution in [1.82, 2.24) is 29.9 Å². The third kappa shape index (κ3) is 4.23. The van der Waals surface area contributed by atoms with E-state index in [0.717, 1.165) is 66.0 Å². The summed E-state index contributed by atoms with van der Waals surface area (Å²) in [6, 6.07) is 14.3. The van der Waals surface area contributed by atoms with Crippen LogP contribution in [0.3, 0.4) is 0 Å². The van der Waals surface area contributed by atoms with E-state index in [9.17, 15) is 4.79 Å². The van der Waals surface area contributed by atoms with Gasteiger partial charge in [0.15, 0.2) is 0 Å². The van der Waals surface area contributed by atoms with Gasteiger partial charge < -0.3 is 9.80 Å². The first-order valence-corrected chi connectivity index (χ1v) is 11.8. The van der Waals surface area contributed by atoms with Crippen LogP contribution in [0.1, 0.15) is 41.7 Å². The number of hydrogen-bond acceptors (Lipinski definition) is 6. The predicted molar refractivity (Wildman–Crippen MR) is 133 cm³/mol. The maximum Gasteiger partial charge on any atom is 0.253 e. The zero-order valence-electron chi connectivity index (χ0n) is 19.8. The van der Waals surface area contributed by atoms with Crippen LogP contribution in [0, 0.1) is 0 Å². The molecule has 0 radical (unpaired) electrons. The predicted octanol–water partition coefficient (Wildman–Crippen LogP) is 3.99. The molecule has 8 nitrogen and oxygen atoms in total. The van der Waals surface area contributed by atoms with Crippen molar-refractivity contribution in [2.45, 2.75) is 32.2 Å². The highest BCUT2D eigenvalue weighted by Gasteiger charge is 2.24. The third-order valence-electron chi connectivity index (χ3n) is 6.54. The Bertz CT molecular complexity index is 1290. The summed E-state index contributed by atoms with van der Waals surface area (Å²) in [4.78, 5) is 25.0. The number of carbonyl (C=O) groups is 1. The summed E-state index contributed by atoms with van der Waals surface area (Å²) in [7, 11) is 3.52. The summed E-state index contributed by atoms with van der Waals surface area (Å²) in [6.45, 7) is 3.90. The number of aromatic nitrogens is 5. The second-order valence-electron chi connectivity index (χ2n) is 8.98. The van der Waals surface area contributed by atoms with Crippen molar-refractivity contribution in [3.8, 4) is 11.1 Å². The molecule has 1 aliphatic heterocycles. The lowest BCUT2D eigenvalue weighted by atomic mass is 10.0. The van der Waals surface area contributed by atoms with E-state index in [1.54, 1.807) is 19.0 Å². The zero-order valence-corrected chi connectivity index (χ0v) is 19.8. The molecule has 1 fully saturated rings. The molecule has 174 valence electrons. The fraction of sp³-hybridized carbons (Fsp3) is 0.346. The van der Waals surface area contributed by atoms with Crippen LogP contribution in [0.4, 0.5) is 5.95 Å². The van der Waals surface area contributed by atoms with Gasteiger partial charge >= 0.3 is 0 Å². The Balaban J connectivity index is 1.30. The lowest BCUT2D eigenvalue weighted by molar-refractivity contribution is 0.0827. The number of fused-ring (bicyclic) bond motifs is 1. The molecule has 0 bridgehead atoms. The number of aryl methyl sites for hydroxylation is 1. The number of hydrogen-bond donors (Lipinski definition) is 0. The summed E-state index contributed by atoms with van der Waals surface area (Å²) < 4.78 is 2.07. The second kappa shape index (κ2) is 9.21. The van der Waals surface area contributed by atoms with E-state index in [0.29, 0.717) is 11.6 Å². The first kappa shape index (κ1) is 22.0. The molecular formula is C26H29N7O. The van der Waals surface area contributed by atoms with E-state index in [2.05, 4.69) is 55.0 Å². The van der Waals surface area contributed by atoms with Gasteiger partial charge in [0.1, 0.15) is 5.52 Å². The Morgan fingerprint density at radius 2 is 1.68 bits per heavy atom. The molecule has 0 unspecified atom stereocenters. The normalized spacial score (nSPS) is 14.5. The highest BCUT2D eigenvalue weighted by atomic mass is 16.2. The number of nitrogens with zero attached hydrogens (tertiary/aromatic N) is 7. The maximum atomic E-state index is 12.1. The first-order valence-electron chi connectivity index (χ1n) is 11.8. The minimum absolute atomic E-state index is 0.000490. The molecule has 3 heterocycles. The molecular weight excluding hydrogens is 426 g/mol. The highest BCUT2D eigenvalue weighted by molar-refractivity contribution is 5.94. The van der Waals surface area contributed by atoms with Crippen molar-refractivity contribution in [3.63, 3.8) is 0 Å². The summed E-state index contributed by atoms with van der Waals surface area (Å²) >= 11 is 0. The molecule has 1 aliphatic rings. The van der Waals surface area contributed by atoms with Crippen LogP contribution in [-0.2, 0) is 6.42 Å². The lowest BCUT2D eigenvalue weighted by Gasteiger charge is -2.32. The SMILES string of the molecule is CCc1cnc(N2CCC(n3nnc4cc(-c5ccc(C(=O)N(C)C)cc5)ccc43)CC2)nc1.